The highest BCUT2D eigenvalue weighted by Gasteiger charge is 2.18. The molecular formula is C13H15IO2. The highest BCUT2D eigenvalue weighted by molar-refractivity contribution is 14.1. The molecule has 2 nitrogen and oxygen atoms in total. The summed E-state index contributed by atoms with van der Waals surface area (Å²) in [5, 5.41) is 0. The van der Waals surface area contributed by atoms with Gasteiger partial charge < -0.3 is 4.74 Å². The molecule has 0 radical (unpaired) electrons. The van der Waals surface area contributed by atoms with Gasteiger partial charge in [-0.3, -0.25) is 4.79 Å². The van der Waals surface area contributed by atoms with Gasteiger partial charge in [0.05, 0.1) is 0 Å². The van der Waals surface area contributed by atoms with E-state index in [1.54, 1.807) is 0 Å². The van der Waals surface area contributed by atoms with Crippen molar-refractivity contribution in [2.45, 2.75) is 19.3 Å². The fourth-order valence-electron chi connectivity index (χ4n) is 1.97. The highest BCUT2D eigenvalue weighted by atomic mass is 127. The second-order valence-corrected chi connectivity index (χ2v) is 5.52. The lowest BCUT2D eigenvalue weighted by Crippen LogP contribution is -2.10. The molecule has 1 fully saturated rings. The molecule has 0 aromatic heterocycles. The number of ether oxygens (including phenoxy) is 1. The maximum absolute atomic E-state index is 11.8. The first-order chi connectivity index (χ1) is 7.74. The third-order valence-electron chi connectivity index (χ3n) is 2.85. The van der Waals surface area contributed by atoms with Gasteiger partial charge in [0.15, 0.2) is 0 Å². The Morgan fingerprint density at radius 3 is 2.75 bits per heavy atom. The van der Waals surface area contributed by atoms with Crippen LogP contribution >= 0.6 is 22.6 Å². The number of Topliss-reactive ketones (excluding diaryl/α,β-unsaturated/α-hetero) is 1. The van der Waals surface area contributed by atoms with Crippen LogP contribution in [0.2, 0.25) is 0 Å². The minimum Gasteiger partial charge on any atom is -0.381 e. The van der Waals surface area contributed by atoms with E-state index in [0.29, 0.717) is 24.5 Å². The quantitative estimate of drug-likeness (QED) is 0.794. The first kappa shape index (κ1) is 12.0. The number of carbonyl (C=O) groups is 1. The van der Waals surface area contributed by atoms with E-state index in [4.69, 9.17) is 4.74 Å². The van der Waals surface area contributed by atoms with E-state index in [9.17, 15) is 4.79 Å². The molecule has 0 N–H and O–H groups in total. The average Bonchev–Trinajstić information content (AvgIpc) is 2.74. The van der Waals surface area contributed by atoms with Crippen molar-refractivity contribution in [3.8, 4) is 0 Å². The number of halogens is 1. The molecule has 16 heavy (non-hydrogen) atoms. The lowest BCUT2D eigenvalue weighted by Gasteiger charge is -2.06. The van der Waals surface area contributed by atoms with E-state index < -0.39 is 0 Å². The molecule has 3 heteroatoms. The molecule has 86 valence electrons. The van der Waals surface area contributed by atoms with Crippen LogP contribution in [0.4, 0.5) is 0 Å². The molecule has 1 unspecified atom stereocenters. The van der Waals surface area contributed by atoms with Crippen LogP contribution in [0.5, 0.6) is 0 Å². The van der Waals surface area contributed by atoms with Gasteiger partial charge in [0.2, 0.25) is 0 Å². The molecule has 0 aliphatic carbocycles. The topological polar surface area (TPSA) is 26.3 Å². The maximum Gasteiger partial charge on any atom is 0.137 e. The monoisotopic (exact) mass is 330 g/mol. The van der Waals surface area contributed by atoms with Gasteiger partial charge in [-0.25, -0.2) is 0 Å². The minimum absolute atomic E-state index is 0.330. The van der Waals surface area contributed by atoms with E-state index >= 15 is 0 Å². The third kappa shape index (κ3) is 3.56. The summed E-state index contributed by atoms with van der Waals surface area (Å²) in [5.41, 5.74) is 1.12. The Labute approximate surface area is 110 Å². The number of benzene rings is 1. The summed E-state index contributed by atoms with van der Waals surface area (Å²) in [6, 6.07) is 8.15. The zero-order valence-electron chi connectivity index (χ0n) is 9.12. The molecule has 1 aliphatic rings. The fraction of sp³-hybridized carbons (Fsp3) is 0.462. The first-order valence-electron chi connectivity index (χ1n) is 5.58. The van der Waals surface area contributed by atoms with Crippen LogP contribution in [0.15, 0.2) is 24.3 Å². The summed E-state index contributed by atoms with van der Waals surface area (Å²) in [6.07, 6.45) is 2.28. The van der Waals surface area contributed by atoms with Crippen molar-refractivity contribution in [1.29, 1.82) is 0 Å². The molecule has 0 bridgehead atoms. The molecule has 0 saturated carbocycles. The smallest absolute Gasteiger partial charge is 0.137 e. The normalized spacial score (nSPS) is 19.9. The molecule has 2 rings (SSSR count). The number of carbonyl (C=O) groups excluding carboxylic acids is 1. The maximum atomic E-state index is 11.8. The predicted octanol–water partition coefficient (Wildman–Crippen LogP) is 2.83. The lowest BCUT2D eigenvalue weighted by molar-refractivity contribution is -0.119. The molecule has 1 atom stereocenters. The summed E-state index contributed by atoms with van der Waals surface area (Å²) in [6.45, 7) is 1.58. The molecule has 0 spiro atoms. The summed E-state index contributed by atoms with van der Waals surface area (Å²) in [4.78, 5) is 11.8. The van der Waals surface area contributed by atoms with E-state index in [1.807, 2.05) is 24.3 Å². The SMILES string of the molecule is O=C(Cc1ccc(I)cc1)CC1CCOC1. The summed E-state index contributed by atoms with van der Waals surface area (Å²) in [7, 11) is 0. The predicted molar refractivity (Wildman–Crippen MR) is 71.4 cm³/mol. The van der Waals surface area contributed by atoms with Gasteiger partial charge in [-0.15, -0.1) is 0 Å². The second kappa shape index (κ2) is 5.77. The number of hydrogen-bond donors (Lipinski definition) is 0. The Bertz CT molecular complexity index is 353. The standard InChI is InChI=1S/C13H15IO2/c14-12-3-1-10(2-4-12)7-13(15)8-11-5-6-16-9-11/h1-4,11H,5-9H2. The molecule has 1 aliphatic heterocycles. The molecule has 1 aromatic carbocycles. The Kier molecular flexibility index (Phi) is 4.35. The van der Waals surface area contributed by atoms with Crippen LogP contribution < -0.4 is 0 Å². The fourth-order valence-corrected chi connectivity index (χ4v) is 2.33. The highest BCUT2D eigenvalue weighted by Crippen LogP contribution is 2.18. The number of rotatable bonds is 4. The number of hydrogen-bond acceptors (Lipinski definition) is 2. The summed E-state index contributed by atoms with van der Waals surface area (Å²) >= 11 is 2.27. The average molecular weight is 330 g/mol. The van der Waals surface area contributed by atoms with E-state index in [1.165, 1.54) is 3.57 Å². The van der Waals surface area contributed by atoms with Gasteiger partial charge in [0.1, 0.15) is 5.78 Å². The van der Waals surface area contributed by atoms with Crippen LogP contribution in [0, 0.1) is 9.49 Å². The Balaban J connectivity index is 1.84. The molecule has 0 amide bonds. The van der Waals surface area contributed by atoms with Gasteiger partial charge in [-0.1, -0.05) is 12.1 Å². The molecule has 1 heterocycles. The van der Waals surface area contributed by atoms with Crippen LogP contribution in [0.3, 0.4) is 0 Å². The van der Waals surface area contributed by atoms with Crippen LogP contribution in [-0.2, 0) is 16.0 Å². The van der Waals surface area contributed by atoms with Crippen molar-refractivity contribution in [3.63, 3.8) is 0 Å². The van der Waals surface area contributed by atoms with E-state index in [-0.39, 0.29) is 0 Å². The van der Waals surface area contributed by atoms with Crippen LogP contribution in [0.1, 0.15) is 18.4 Å². The number of ketones is 1. The van der Waals surface area contributed by atoms with Crippen LogP contribution in [0.25, 0.3) is 0 Å². The third-order valence-corrected chi connectivity index (χ3v) is 3.57. The van der Waals surface area contributed by atoms with Crippen molar-refractivity contribution in [2.75, 3.05) is 13.2 Å². The van der Waals surface area contributed by atoms with Crippen molar-refractivity contribution in [3.05, 3.63) is 33.4 Å². The second-order valence-electron chi connectivity index (χ2n) is 4.28. The summed E-state index contributed by atoms with van der Waals surface area (Å²) in [5.74, 6) is 0.785. The van der Waals surface area contributed by atoms with Crippen LogP contribution in [-0.4, -0.2) is 19.0 Å². The largest absolute Gasteiger partial charge is 0.381 e. The Morgan fingerprint density at radius 2 is 2.12 bits per heavy atom. The van der Waals surface area contributed by atoms with Crippen molar-refractivity contribution in [1.82, 2.24) is 0 Å². The lowest BCUT2D eigenvalue weighted by atomic mass is 9.98. The van der Waals surface area contributed by atoms with Crippen molar-refractivity contribution >= 4 is 28.4 Å². The Morgan fingerprint density at radius 1 is 1.38 bits per heavy atom. The van der Waals surface area contributed by atoms with Gasteiger partial charge in [0, 0.05) is 29.6 Å². The van der Waals surface area contributed by atoms with E-state index in [0.717, 1.165) is 25.2 Å². The summed E-state index contributed by atoms with van der Waals surface area (Å²) < 4.78 is 6.48. The van der Waals surface area contributed by atoms with Gasteiger partial charge in [-0.05, 0) is 52.6 Å². The van der Waals surface area contributed by atoms with Crippen molar-refractivity contribution < 1.29 is 9.53 Å². The zero-order chi connectivity index (χ0) is 11.4. The molecular weight excluding hydrogens is 315 g/mol. The zero-order valence-corrected chi connectivity index (χ0v) is 11.3. The van der Waals surface area contributed by atoms with Gasteiger partial charge in [-0.2, -0.15) is 0 Å². The van der Waals surface area contributed by atoms with E-state index in [2.05, 4.69) is 22.6 Å². The molecule has 1 saturated heterocycles. The Hall–Kier alpha value is -0.420. The first-order valence-corrected chi connectivity index (χ1v) is 6.66. The minimum atomic E-state index is 0.330. The van der Waals surface area contributed by atoms with Gasteiger partial charge in [0.25, 0.3) is 0 Å². The molecule has 1 aromatic rings. The van der Waals surface area contributed by atoms with Gasteiger partial charge >= 0.3 is 0 Å². The van der Waals surface area contributed by atoms with Crippen molar-refractivity contribution in [2.24, 2.45) is 5.92 Å².